The van der Waals surface area contributed by atoms with Crippen LogP contribution < -0.4 is 0 Å². The highest BCUT2D eigenvalue weighted by atomic mass is 19.3. The first-order chi connectivity index (χ1) is 5.05. The fourth-order valence-electron chi connectivity index (χ4n) is 2.67. The first-order valence-corrected chi connectivity index (χ1v) is 4.43. The molecule has 0 aromatic carbocycles. The second-order valence-electron chi connectivity index (χ2n) is 4.29. The van der Waals surface area contributed by atoms with Crippen molar-refractivity contribution in [2.75, 3.05) is 0 Å². The molecular weight excluding hydrogens is 146 g/mol. The van der Waals surface area contributed by atoms with Crippen molar-refractivity contribution in [2.24, 2.45) is 23.7 Å². The summed E-state index contributed by atoms with van der Waals surface area (Å²) in [5.74, 6) is -2.03. The molecule has 3 atom stereocenters. The maximum Gasteiger partial charge on any atom is 0.254 e. The lowest BCUT2D eigenvalue weighted by Gasteiger charge is -2.17. The molecule has 0 aromatic heterocycles. The van der Waals surface area contributed by atoms with Crippen molar-refractivity contribution in [1.29, 1.82) is 0 Å². The molecule has 0 aromatic rings. The maximum absolute atomic E-state index is 12.9. The summed E-state index contributed by atoms with van der Waals surface area (Å²) < 4.78 is 25.7. The zero-order chi connectivity index (χ0) is 8.22. The predicted molar refractivity (Wildman–Crippen MR) is 39.5 cm³/mol. The number of halogens is 2. The van der Waals surface area contributed by atoms with E-state index in [0.717, 1.165) is 12.8 Å². The molecule has 0 saturated heterocycles. The van der Waals surface area contributed by atoms with Gasteiger partial charge in [0.05, 0.1) is 0 Å². The molecule has 64 valence electrons. The van der Waals surface area contributed by atoms with Crippen LogP contribution in [-0.4, -0.2) is 5.92 Å². The van der Waals surface area contributed by atoms with Crippen LogP contribution in [0, 0.1) is 23.7 Å². The Bertz CT molecular complexity index is 174. The standard InChI is InChI=1S/C9H14F2/c1-5(2)6-3-4-7-8(6)9(7,10)11/h5-8H,3-4H2,1-2H3. The molecule has 0 nitrogen and oxygen atoms in total. The van der Waals surface area contributed by atoms with Gasteiger partial charge in [-0.15, -0.1) is 0 Å². The Labute approximate surface area is 66.0 Å². The van der Waals surface area contributed by atoms with Crippen molar-refractivity contribution >= 4 is 0 Å². The van der Waals surface area contributed by atoms with Crippen LogP contribution in [0.1, 0.15) is 26.7 Å². The highest BCUT2D eigenvalue weighted by Gasteiger charge is 2.73. The van der Waals surface area contributed by atoms with Gasteiger partial charge >= 0.3 is 0 Å². The molecule has 0 aliphatic heterocycles. The summed E-state index contributed by atoms with van der Waals surface area (Å²) in [5, 5.41) is 0. The van der Waals surface area contributed by atoms with Crippen molar-refractivity contribution in [3.05, 3.63) is 0 Å². The van der Waals surface area contributed by atoms with E-state index < -0.39 is 5.92 Å². The van der Waals surface area contributed by atoms with Crippen molar-refractivity contribution < 1.29 is 8.78 Å². The highest BCUT2D eigenvalue weighted by molar-refractivity contribution is 5.12. The molecule has 2 saturated carbocycles. The molecule has 0 bridgehead atoms. The minimum absolute atomic E-state index is 0.241. The second-order valence-corrected chi connectivity index (χ2v) is 4.29. The molecule has 2 fully saturated rings. The summed E-state index contributed by atoms with van der Waals surface area (Å²) in [6, 6.07) is 0. The molecule has 0 heterocycles. The topological polar surface area (TPSA) is 0 Å². The molecule has 2 heteroatoms. The van der Waals surface area contributed by atoms with Crippen LogP contribution in [0.25, 0.3) is 0 Å². The van der Waals surface area contributed by atoms with E-state index in [1.54, 1.807) is 0 Å². The molecule has 11 heavy (non-hydrogen) atoms. The zero-order valence-electron chi connectivity index (χ0n) is 6.98. The molecule has 0 spiro atoms. The van der Waals surface area contributed by atoms with Gasteiger partial charge in [-0.25, -0.2) is 8.78 Å². The van der Waals surface area contributed by atoms with Crippen molar-refractivity contribution in [2.45, 2.75) is 32.6 Å². The van der Waals surface area contributed by atoms with Crippen LogP contribution in [0.5, 0.6) is 0 Å². The Morgan fingerprint density at radius 1 is 1.27 bits per heavy atom. The average molecular weight is 160 g/mol. The molecule has 2 rings (SSSR count). The van der Waals surface area contributed by atoms with E-state index in [0.29, 0.717) is 11.8 Å². The fraction of sp³-hybridized carbons (Fsp3) is 1.00. The van der Waals surface area contributed by atoms with Crippen LogP contribution in [0.3, 0.4) is 0 Å². The molecule has 2 aliphatic carbocycles. The fourth-order valence-corrected chi connectivity index (χ4v) is 2.67. The monoisotopic (exact) mass is 160 g/mol. The van der Waals surface area contributed by atoms with Crippen LogP contribution in [0.2, 0.25) is 0 Å². The summed E-state index contributed by atoms with van der Waals surface area (Å²) >= 11 is 0. The Balaban J connectivity index is 2.08. The van der Waals surface area contributed by atoms with Crippen LogP contribution >= 0.6 is 0 Å². The normalized spacial score (nSPS) is 46.1. The third-order valence-corrected chi connectivity index (χ3v) is 3.39. The minimum Gasteiger partial charge on any atom is -0.206 e. The lowest BCUT2D eigenvalue weighted by Crippen LogP contribution is -2.14. The van der Waals surface area contributed by atoms with Gasteiger partial charge < -0.3 is 0 Å². The predicted octanol–water partition coefficient (Wildman–Crippen LogP) is 2.93. The van der Waals surface area contributed by atoms with E-state index in [4.69, 9.17) is 0 Å². The van der Waals surface area contributed by atoms with Gasteiger partial charge in [-0.2, -0.15) is 0 Å². The smallest absolute Gasteiger partial charge is 0.206 e. The number of rotatable bonds is 1. The third-order valence-electron chi connectivity index (χ3n) is 3.39. The van der Waals surface area contributed by atoms with E-state index in [9.17, 15) is 8.78 Å². The van der Waals surface area contributed by atoms with Crippen LogP contribution in [-0.2, 0) is 0 Å². The largest absolute Gasteiger partial charge is 0.254 e. The van der Waals surface area contributed by atoms with Gasteiger partial charge in [0.2, 0.25) is 0 Å². The Hall–Kier alpha value is -0.140. The Kier molecular flexibility index (Phi) is 1.34. The Morgan fingerprint density at radius 3 is 2.18 bits per heavy atom. The molecule has 0 amide bonds. The van der Waals surface area contributed by atoms with E-state index in [-0.39, 0.29) is 11.8 Å². The van der Waals surface area contributed by atoms with E-state index >= 15 is 0 Å². The molecule has 3 unspecified atom stereocenters. The number of hydrogen-bond acceptors (Lipinski definition) is 0. The zero-order valence-corrected chi connectivity index (χ0v) is 6.98. The third kappa shape index (κ3) is 0.844. The van der Waals surface area contributed by atoms with Crippen molar-refractivity contribution in [3.63, 3.8) is 0 Å². The summed E-state index contributed by atoms with van der Waals surface area (Å²) in [7, 11) is 0. The summed E-state index contributed by atoms with van der Waals surface area (Å²) in [6.07, 6.45) is 1.79. The molecule has 2 aliphatic rings. The van der Waals surface area contributed by atoms with E-state index in [2.05, 4.69) is 13.8 Å². The highest BCUT2D eigenvalue weighted by Crippen LogP contribution is 2.67. The quantitative estimate of drug-likeness (QED) is 0.553. The number of hydrogen-bond donors (Lipinski definition) is 0. The second kappa shape index (κ2) is 1.96. The van der Waals surface area contributed by atoms with Crippen LogP contribution in [0.15, 0.2) is 0 Å². The Morgan fingerprint density at radius 2 is 1.91 bits per heavy atom. The van der Waals surface area contributed by atoms with E-state index in [1.807, 2.05) is 0 Å². The van der Waals surface area contributed by atoms with Gasteiger partial charge in [-0.3, -0.25) is 0 Å². The lowest BCUT2D eigenvalue weighted by molar-refractivity contribution is 0.0526. The maximum atomic E-state index is 12.9. The average Bonchev–Trinajstić information content (AvgIpc) is 2.34. The van der Waals surface area contributed by atoms with Gasteiger partial charge in [0, 0.05) is 11.8 Å². The van der Waals surface area contributed by atoms with E-state index in [1.165, 1.54) is 0 Å². The van der Waals surface area contributed by atoms with Gasteiger partial charge in [-0.05, 0) is 24.7 Å². The summed E-state index contributed by atoms with van der Waals surface area (Å²) in [5.41, 5.74) is 0. The van der Waals surface area contributed by atoms with Crippen molar-refractivity contribution in [1.82, 2.24) is 0 Å². The van der Waals surface area contributed by atoms with Gasteiger partial charge in [-0.1, -0.05) is 13.8 Å². The molecule has 0 N–H and O–H groups in total. The number of alkyl halides is 2. The summed E-state index contributed by atoms with van der Waals surface area (Å²) in [6.45, 7) is 4.11. The SMILES string of the molecule is CC(C)C1CCC2C1C2(F)F. The number of fused-ring (bicyclic) bond motifs is 1. The molecule has 0 radical (unpaired) electrons. The van der Waals surface area contributed by atoms with Gasteiger partial charge in [0.15, 0.2) is 0 Å². The minimum atomic E-state index is -2.28. The first kappa shape index (κ1) is 7.51. The lowest BCUT2D eigenvalue weighted by atomic mass is 9.90. The van der Waals surface area contributed by atoms with Gasteiger partial charge in [0.1, 0.15) is 0 Å². The van der Waals surface area contributed by atoms with Crippen molar-refractivity contribution in [3.8, 4) is 0 Å². The molecular formula is C9H14F2. The summed E-state index contributed by atoms with van der Waals surface area (Å²) in [4.78, 5) is 0. The van der Waals surface area contributed by atoms with Crippen LogP contribution in [0.4, 0.5) is 8.78 Å². The first-order valence-electron chi connectivity index (χ1n) is 4.43. The van der Waals surface area contributed by atoms with Gasteiger partial charge in [0.25, 0.3) is 5.92 Å².